The van der Waals surface area contributed by atoms with Gasteiger partial charge in [-0.3, -0.25) is 24.0 Å². The fraction of sp³-hybridized carbons (Fsp3) is 0.333. The lowest BCUT2D eigenvalue weighted by Crippen LogP contribution is -2.50. The molecule has 2 unspecified atom stereocenters. The van der Waals surface area contributed by atoms with Gasteiger partial charge in [0.25, 0.3) is 6.43 Å². The first-order chi connectivity index (χ1) is 18.9. The molecule has 0 saturated heterocycles. The first kappa shape index (κ1) is 33.4. The molecule has 2 aromatic heterocycles. The van der Waals surface area contributed by atoms with E-state index in [-0.39, 0.29) is 29.7 Å². The first-order valence-corrected chi connectivity index (χ1v) is 13.9. The molecule has 224 valence electrons. The van der Waals surface area contributed by atoms with Crippen LogP contribution >= 0.6 is 11.3 Å². The molecule has 6 N–H and O–H groups in total. The molecule has 2 amide bonds. The number of thiazole rings is 1. The molecule has 17 heteroatoms. The molecule has 1 aromatic carbocycles. The number of nitrogens with zero attached hydrogens (tertiary/aromatic N) is 3. The number of halogens is 3. The summed E-state index contributed by atoms with van der Waals surface area (Å²) in [4.78, 5) is 34.9. The minimum absolute atomic E-state index is 0. The van der Waals surface area contributed by atoms with Gasteiger partial charge in [0.15, 0.2) is 0 Å². The SMILES string of the molecule is COC(=O)N(C)C(Cc1ccncc1)C(=O)N[C@@H](Cc1ccc(NS(=O)(=O)O)cc1)c1nc(C(F)C(F)F)cs1.N. The number of carbonyl (C=O) groups is 2. The van der Waals surface area contributed by atoms with Crippen molar-refractivity contribution in [3.8, 4) is 0 Å². The number of pyridine rings is 1. The normalized spacial score (nSPS) is 13.4. The van der Waals surface area contributed by atoms with Crippen LogP contribution in [0.2, 0.25) is 0 Å². The summed E-state index contributed by atoms with van der Waals surface area (Å²) in [5.74, 6) is -0.623. The zero-order valence-corrected chi connectivity index (χ0v) is 23.5. The molecule has 3 atom stereocenters. The molecule has 3 aromatic rings. The predicted molar refractivity (Wildman–Crippen MR) is 145 cm³/mol. The number of nitrogens with one attached hydrogen (secondary N) is 2. The predicted octanol–water partition coefficient (Wildman–Crippen LogP) is 3.90. The maximum Gasteiger partial charge on any atom is 0.409 e. The standard InChI is InChI=1S/C24H26F3N5O6S2.H3N/c1-32(24(34)38-2)19(12-15-7-9-28-10-8-15)22(33)29-17(23-30-18(13-39-23)20(25)21(26)27)11-14-3-5-16(6-4-14)31-40(35,36)37;/h3-10,13,17,19-21,31H,11-12H2,1-2H3,(H,29,33)(H,35,36,37);1H3/t17-,19?,20?;/m0./s1. The number of likely N-dealkylation sites (N-methyl/N-ethyl adjacent to an activating group) is 1. The van der Waals surface area contributed by atoms with Gasteiger partial charge in [-0.1, -0.05) is 12.1 Å². The van der Waals surface area contributed by atoms with Crippen molar-refractivity contribution in [3.05, 3.63) is 76.0 Å². The van der Waals surface area contributed by atoms with Crippen LogP contribution in [-0.4, -0.2) is 66.5 Å². The van der Waals surface area contributed by atoms with Crippen molar-refractivity contribution in [3.63, 3.8) is 0 Å². The fourth-order valence-electron chi connectivity index (χ4n) is 3.70. The molecular weight excluding hydrogens is 589 g/mol. The van der Waals surface area contributed by atoms with Gasteiger partial charge in [-0.05, 0) is 41.8 Å². The Balaban J connectivity index is 0.00000588. The van der Waals surface area contributed by atoms with Gasteiger partial charge in [0.2, 0.25) is 12.1 Å². The average Bonchev–Trinajstić information content (AvgIpc) is 3.41. The van der Waals surface area contributed by atoms with E-state index in [1.165, 1.54) is 43.7 Å². The monoisotopic (exact) mass is 618 g/mol. The highest BCUT2D eigenvalue weighted by Crippen LogP contribution is 2.30. The molecule has 0 radical (unpaired) electrons. The third-order valence-electron chi connectivity index (χ3n) is 5.71. The van der Waals surface area contributed by atoms with E-state index in [2.05, 4.69) is 15.3 Å². The van der Waals surface area contributed by atoms with E-state index in [0.717, 1.165) is 28.7 Å². The van der Waals surface area contributed by atoms with Crippen molar-refractivity contribution in [2.24, 2.45) is 0 Å². The van der Waals surface area contributed by atoms with Crippen LogP contribution in [0.3, 0.4) is 0 Å². The van der Waals surface area contributed by atoms with Crippen LogP contribution in [0.4, 0.5) is 23.7 Å². The van der Waals surface area contributed by atoms with Crippen LogP contribution < -0.4 is 16.2 Å². The van der Waals surface area contributed by atoms with Crippen LogP contribution in [0.25, 0.3) is 0 Å². The number of hydrogen-bond acceptors (Lipinski definition) is 9. The lowest BCUT2D eigenvalue weighted by Gasteiger charge is -2.28. The third-order valence-corrected chi connectivity index (χ3v) is 7.18. The lowest BCUT2D eigenvalue weighted by atomic mass is 10.0. The van der Waals surface area contributed by atoms with Crippen LogP contribution in [0, 0.1) is 0 Å². The molecule has 0 aliphatic rings. The minimum atomic E-state index is -4.50. The average molecular weight is 619 g/mol. The van der Waals surface area contributed by atoms with Crippen LogP contribution in [-0.2, 0) is 32.7 Å². The number of carbonyl (C=O) groups excluding carboxylic acids is 2. The summed E-state index contributed by atoms with van der Waals surface area (Å²) in [6.45, 7) is 0. The summed E-state index contributed by atoms with van der Waals surface area (Å²) < 4.78 is 77.6. The van der Waals surface area contributed by atoms with Crippen molar-refractivity contribution in [2.45, 2.75) is 37.5 Å². The summed E-state index contributed by atoms with van der Waals surface area (Å²) in [6, 6.07) is 7.08. The first-order valence-electron chi connectivity index (χ1n) is 11.6. The van der Waals surface area contributed by atoms with Gasteiger partial charge in [0, 0.05) is 31.2 Å². The van der Waals surface area contributed by atoms with Gasteiger partial charge in [-0.2, -0.15) is 8.42 Å². The van der Waals surface area contributed by atoms with Crippen molar-refractivity contribution in [2.75, 3.05) is 18.9 Å². The number of alkyl halides is 3. The molecule has 3 rings (SSSR count). The second-order valence-electron chi connectivity index (χ2n) is 8.54. The van der Waals surface area contributed by atoms with Crippen molar-refractivity contribution >= 4 is 39.3 Å². The number of hydrogen-bond donors (Lipinski definition) is 4. The Morgan fingerprint density at radius 1 is 1.07 bits per heavy atom. The molecule has 0 fully saturated rings. The Kier molecular flexibility index (Phi) is 12.0. The van der Waals surface area contributed by atoms with E-state index in [4.69, 9.17) is 9.29 Å². The maximum atomic E-state index is 14.0. The molecule has 0 spiro atoms. The van der Waals surface area contributed by atoms with Gasteiger partial charge in [-0.25, -0.2) is 22.9 Å². The van der Waals surface area contributed by atoms with Crippen molar-refractivity contribution in [1.82, 2.24) is 26.3 Å². The molecule has 2 heterocycles. The Morgan fingerprint density at radius 2 is 1.68 bits per heavy atom. The van der Waals surface area contributed by atoms with E-state index in [1.807, 2.05) is 4.72 Å². The van der Waals surface area contributed by atoms with E-state index >= 15 is 0 Å². The Morgan fingerprint density at radius 3 is 2.24 bits per heavy atom. The number of rotatable bonds is 12. The zero-order chi connectivity index (χ0) is 29.4. The van der Waals surface area contributed by atoms with E-state index in [1.54, 1.807) is 12.1 Å². The second kappa shape index (κ2) is 14.7. The van der Waals surface area contributed by atoms with Crippen LogP contribution in [0.1, 0.15) is 34.0 Å². The number of benzene rings is 1. The topological polar surface area (TPSA) is 186 Å². The summed E-state index contributed by atoms with van der Waals surface area (Å²) >= 11 is 0.873. The number of aromatic nitrogens is 2. The zero-order valence-electron chi connectivity index (χ0n) is 21.9. The van der Waals surface area contributed by atoms with Gasteiger partial charge >= 0.3 is 16.4 Å². The third kappa shape index (κ3) is 9.66. The van der Waals surface area contributed by atoms with Crippen molar-refractivity contribution in [1.29, 1.82) is 0 Å². The van der Waals surface area contributed by atoms with Gasteiger partial charge < -0.3 is 16.2 Å². The highest BCUT2D eigenvalue weighted by molar-refractivity contribution is 7.87. The number of ether oxygens (including phenoxy) is 1. The summed E-state index contributed by atoms with van der Waals surface area (Å²) in [6.07, 6.45) is -3.49. The quantitative estimate of drug-likeness (QED) is 0.218. The number of anilines is 1. The minimum Gasteiger partial charge on any atom is -0.453 e. The van der Waals surface area contributed by atoms with E-state index in [9.17, 15) is 31.2 Å². The smallest absolute Gasteiger partial charge is 0.409 e. The molecule has 12 nitrogen and oxygen atoms in total. The van der Waals surface area contributed by atoms with Gasteiger partial charge in [0.05, 0.1) is 24.5 Å². The van der Waals surface area contributed by atoms with Gasteiger partial charge in [-0.15, -0.1) is 11.3 Å². The van der Waals surface area contributed by atoms with E-state index in [0.29, 0.717) is 11.1 Å². The number of amides is 2. The molecular formula is C24H29F3N6O6S2. The van der Waals surface area contributed by atoms with Gasteiger partial charge in [0.1, 0.15) is 11.0 Å². The largest absolute Gasteiger partial charge is 0.453 e. The summed E-state index contributed by atoms with van der Waals surface area (Å²) in [5, 5.41) is 4.05. The Bertz CT molecular complexity index is 1400. The lowest BCUT2D eigenvalue weighted by molar-refractivity contribution is -0.126. The second-order valence-corrected chi connectivity index (χ2v) is 10.6. The fourth-order valence-corrected chi connectivity index (χ4v) is 5.02. The van der Waals surface area contributed by atoms with Crippen molar-refractivity contribution < 1.29 is 40.5 Å². The molecule has 0 bridgehead atoms. The Hall–Kier alpha value is -3.80. The summed E-state index contributed by atoms with van der Waals surface area (Å²) in [5.41, 5.74) is 0.832. The van der Waals surface area contributed by atoms with Crippen LogP contribution in [0.5, 0.6) is 0 Å². The van der Waals surface area contributed by atoms with Crippen LogP contribution in [0.15, 0.2) is 54.2 Å². The molecule has 0 saturated carbocycles. The molecule has 0 aliphatic heterocycles. The highest BCUT2D eigenvalue weighted by atomic mass is 32.2. The summed E-state index contributed by atoms with van der Waals surface area (Å²) in [7, 11) is -1.95. The van der Waals surface area contributed by atoms with E-state index < -0.39 is 52.7 Å². The molecule has 0 aliphatic carbocycles. The molecule has 41 heavy (non-hydrogen) atoms. The Labute approximate surface area is 238 Å². The maximum absolute atomic E-state index is 14.0. The number of methoxy groups -OCH3 is 1. The highest BCUT2D eigenvalue weighted by Gasteiger charge is 2.32.